The lowest BCUT2D eigenvalue weighted by Crippen LogP contribution is -2.69. The summed E-state index contributed by atoms with van der Waals surface area (Å²) in [5.74, 6) is -3.99. The van der Waals surface area contributed by atoms with E-state index in [2.05, 4.69) is 31.5 Å². The quantitative estimate of drug-likeness (QED) is 0.144. The number of nitrogens with zero attached hydrogens (tertiary/aromatic N) is 7. The maximum Gasteiger partial charge on any atom is 0.269 e. The SMILES string of the molecule is C1CC1.CNc1cc(N2CCc3c(-c4ccc(CN5CC6(CCN(Cc7cc(Cl)cc(C8CCC(=O)NC8=O)c7)CC6(F)F)C5)cn4)cccc32)nn2c(C(N)=O)cnc12. The van der Waals surface area contributed by atoms with Gasteiger partial charge in [-0.1, -0.05) is 55.1 Å². The maximum atomic E-state index is 15.9. The molecule has 10 rings (SSSR count). The second kappa shape index (κ2) is 15.8. The summed E-state index contributed by atoms with van der Waals surface area (Å²) in [5.41, 5.74) is 12.3. The second-order valence-corrected chi connectivity index (χ2v) is 17.2. The van der Waals surface area contributed by atoms with Gasteiger partial charge in [0.25, 0.3) is 11.8 Å². The summed E-state index contributed by atoms with van der Waals surface area (Å²) < 4.78 is 33.3. The van der Waals surface area contributed by atoms with E-state index >= 15 is 8.78 Å². The number of halogens is 3. The Morgan fingerprint density at radius 1 is 0.950 bits per heavy atom. The Labute approximate surface area is 351 Å². The first-order chi connectivity index (χ1) is 28.9. The molecule has 5 aliphatic rings. The molecule has 16 heteroatoms. The molecule has 7 heterocycles. The number of primary amides is 1. The van der Waals surface area contributed by atoms with Gasteiger partial charge >= 0.3 is 0 Å². The molecule has 60 heavy (non-hydrogen) atoms. The van der Waals surface area contributed by atoms with E-state index in [-0.39, 0.29) is 30.5 Å². The van der Waals surface area contributed by atoms with Gasteiger partial charge in [0.2, 0.25) is 11.8 Å². The van der Waals surface area contributed by atoms with Gasteiger partial charge in [-0.25, -0.2) is 18.3 Å². The number of alkyl halides is 2. The van der Waals surface area contributed by atoms with E-state index in [0.717, 1.165) is 40.1 Å². The molecule has 4 fully saturated rings. The number of hydrogen-bond acceptors (Lipinski definition) is 10. The van der Waals surface area contributed by atoms with Crippen molar-refractivity contribution in [1.82, 2.24) is 34.7 Å². The number of rotatable bonds is 9. The molecule has 13 nitrogen and oxygen atoms in total. The van der Waals surface area contributed by atoms with Gasteiger partial charge in [-0.2, -0.15) is 0 Å². The average Bonchev–Trinajstić information content (AvgIpc) is 3.92. The first-order valence-corrected chi connectivity index (χ1v) is 20.9. The molecule has 4 N–H and O–H groups in total. The van der Waals surface area contributed by atoms with Gasteiger partial charge in [0.05, 0.1) is 35.5 Å². The predicted octanol–water partition coefficient (Wildman–Crippen LogP) is 6.31. The molecule has 4 aliphatic heterocycles. The summed E-state index contributed by atoms with van der Waals surface area (Å²) in [4.78, 5) is 51.3. The van der Waals surface area contributed by atoms with Crippen LogP contribution < -0.4 is 21.3 Å². The number of amides is 3. The topological polar surface area (TPSA) is 154 Å². The van der Waals surface area contributed by atoms with Gasteiger partial charge in [-0.15, -0.1) is 5.10 Å². The minimum atomic E-state index is -2.88. The number of nitrogens with two attached hydrogens (primary N) is 1. The van der Waals surface area contributed by atoms with Gasteiger partial charge in [0.15, 0.2) is 11.5 Å². The Morgan fingerprint density at radius 2 is 1.75 bits per heavy atom. The Morgan fingerprint density at radius 3 is 2.45 bits per heavy atom. The van der Waals surface area contributed by atoms with Crippen molar-refractivity contribution in [1.29, 1.82) is 0 Å². The van der Waals surface area contributed by atoms with Crippen molar-refractivity contribution in [3.63, 3.8) is 0 Å². The van der Waals surface area contributed by atoms with E-state index in [9.17, 15) is 14.4 Å². The molecule has 0 bridgehead atoms. The molecular weight excluding hydrogens is 790 g/mol. The molecule has 3 amide bonds. The Kier molecular flexibility index (Phi) is 10.5. The normalized spacial score (nSPS) is 20.6. The Hall–Kier alpha value is -5.51. The fourth-order valence-corrected chi connectivity index (χ4v) is 9.32. The van der Waals surface area contributed by atoms with Crippen molar-refractivity contribution in [3.8, 4) is 11.3 Å². The van der Waals surface area contributed by atoms with Crippen LogP contribution in [-0.4, -0.2) is 92.8 Å². The largest absolute Gasteiger partial charge is 0.385 e. The number of likely N-dealkylation sites (tertiary alicyclic amines) is 2. The number of imidazole rings is 1. The van der Waals surface area contributed by atoms with Crippen LogP contribution in [0.1, 0.15) is 77.2 Å². The fraction of sp³-hybridized carbons (Fsp3) is 0.409. The van der Waals surface area contributed by atoms with Crippen molar-refractivity contribution in [3.05, 3.63) is 100.0 Å². The average molecular weight is 837 g/mol. The Bertz CT molecular complexity index is 2480. The molecule has 1 aliphatic carbocycles. The van der Waals surface area contributed by atoms with E-state index in [1.165, 1.54) is 30.0 Å². The number of benzene rings is 2. The summed E-state index contributed by atoms with van der Waals surface area (Å²) in [6.45, 7) is 2.30. The second-order valence-electron chi connectivity index (χ2n) is 16.7. The molecule has 0 radical (unpaired) electrons. The first-order valence-electron chi connectivity index (χ1n) is 20.6. The molecule has 1 spiro atoms. The zero-order valence-electron chi connectivity index (χ0n) is 33.4. The van der Waals surface area contributed by atoms with Crippen LogP contribution in [-0.2, 0) is 29.1 Å². The van der Waals surface area contributed by atoms with Gasteiger partial charge < -0.3 is 16.0 Å². The van der Waals surface area contributed by atoms with Crippen molar-refractivity contribution in [2.45, 2.75) is 69.9 Å². The first kappa shape index (κ1) is 39.9. The van der Waals surface area contributed by atoms with E-state index in [1.807, 2.05) is 42.6 Å². The van der Waals surface area contributed by atoms with E-state index in [4.69, 9.17) is 27.4 Å². The number of pyridine rings is 1. The highest BCUT2D eigenvalue weighted by Crippen LogP contribution is 2.51. The van der Waals surface area contributed by atoms with Crippen LogP contribution in [0.4, 0.5) is 26.0 Å². The monoisotopic (exact) mass is 836 g/mol. The van der Waals surface area contributed by atoms with Crippen molar-refractivity contribution in [2.24, 2.45) is 11.1 Å². The van der Waals surface area contributed by atoms with Crippen LogP contribution in [0.5, 0.6) is 0 Å². The number of aromatic nitrogens is 4. The van der Waals surface area contributed by atoms with E-state index < -0.39 is 23.2 Å². The number of carbonyl (C=O) groups is 3. The van der Waals surface area contributed by atoms with Gasteiger partial charge in [0, 0.05) is 74.7 Å². The van der Waals surface area contributed by atoms with Crippen LogP contribution in [0.15, 0.2) is 67.0 Å². The number of hydrogen-bond donors (Lipinski definition) is 3. The highest BCUT2D eigenvalue weighted by Gasteiger charge is 2.62. The summed E-state index contributed by atoms with van der Waals surface area (Å²) >= 11 is 6.40. The number of piperidine rings is 2. The number of nitrogens with one attached hydrogen (secondary N) is 2. The van der Waals surface area contributed by atoms with E-state index in [1.54, 1.807) is 24.1 Å². The van der Waals surface area contributed by atoms with E-state index in [0.29, 0.717) is 79.8 Å². The smallest absolute Gasteiger partial charge is 0.269 e. The van der Waals surface area contributed by atoms with Gasteiger partial charge in [-0.05, 0) is 72.3 Å². The van der Waals surface area contributed by atoms with Crippen molar-refractivity contribution in [2.75, 3.05) is 50.0 Å². The molecule has 3 saturated heterocycles. The summed E-state index contributed by atoms with van der Waals surface area (Å²) in [6.07, 6.45) is 9.54. The third kappa shape index (κ3) is 7.69. The van der Waals surface area contributed by atoms with Crippen LogP contribution in [0, 0.1) is 5.41 Å². The third-order valence-corrected chi connectivity index (χ3v) is 12.5. The summed E-state index contributed by atoms with van der Waals surface area (Å²) in [6, 6.07) is 17.3. The third-order valence-electron chi connectivity index (χ3n) is 12.3. The molecule has 1 atom stereocenters. The molecule has 312 valence electrons. The van der Waals surface area contributed by atoms with Crippen LogP contribution in [0.3, 0.4) is 0 Å². The number of carbonyl (C=O) groups excluding carboxylic acids is 3. The lowest BCUT2D eigenvalue weighted by molar-refractivity contribution is -0.227. The van der Waals surface area contributed by atoms with Crippen LogP contribution in [0.25, 0.3) is 16.9 Å². The predicted molar refractivity (Wildman–Crippen MR) is 224 cm³/mol. The minimum Gasteiger partial charge on any atom is -0.385 e. The molecule has 1 saturated carbocycles. The number of fused-ring (bicyclic) bond motifs is 2. The molecule has 1 unspecified atom stereocenters. The summed E-state index contributed by atoms with van der Waals surface area (Å²) in [5, 5.41) is 10.7. The zero-order chi connectivity index (χ0) is 41.8. The minimum absolute atomic E-state index is 0.197. The molecule has 3 aromatic heterocycles. The maximum absolute atomic E-state index is 15.9. The lowest BCUT2D eigenvalue weighted by atomic mass is 9.69. The number of anilines is 3. The molecule has 2 aromatic carbocycles. The van der Waals surface area contributed by atoms with Crippen molar-refractivity contribution < 1.29 is 23.2 Å². The molecular formula is C44H47ClF2N10O3. The lowest BCUT2D eigenvalue weighted by Gasteiger charge is -2.57. The van der Waals surface area contributed by atoms with Gasteiger partial charge in [-0.3, -0.25) is 34.5 Å². The fourth-order valence-electron chi connectivity index (χ4n) is 9.05. The highest BCUT2D eigenvalue weighted by atomic mass is 35.5. The summed E-state index contributed by atoms with van der Waals surface area (Å²) in [7, 11) is 1.79. The van der Waals surface area contributed by atoms with Crippen LogP contribution in [0.2, 0.25) is 5.02 Å². The van der Waals surface area contributed by atoms with Crippen LogP contribution >= 0.6 is 11.6 Å². The Balaban J connectivity index is 0.00000148. The highest BCUT2D eigenvalue weighted by molar-refractivity contribution is 6.30. The molecule has 5 aromatic rings. The standard InChI is InChI=1S/C41H41ClF2N10O3.C3H6/c1-46-32-16-35(50-54-34(37(45)56)18-48-38(32)54)53-11-9-30-29(3-2-4-33(30)53)31-7-5-24(17-47-31)19-52-21-40(22-52)10-12-51(23-41(40,43)44)20-25-13-26(15-27(42)14-25)28-6-8-36(55)49-39(28)57;1-2-3-1/h2-5,7,13-18,28,46H,6,8-12,19-23H2,1H3,(H2,45,56)(H,49,55,57);1-3H2. The number of imide groups is 1. The zero-order valence-corrected chi connectivity index (χ0v) is 34.2. The van der Waals surface area contributed by atoms with Crippen molar-refractivity contribution >= 4 is 52.2 Å². The van der Waals surface area contributed by atoms with Gasteiger partial charge in [0.1, 0.15) is 5.69 Å².